The second-order valence-electron chi connectivity index (χ2n) is 3.18. The number of aromatic nitrogens is 3. The quantitative estimate of drug-likeness (QED) is 0.593. The van der Waals surface area contributed by atoms with Crippen molar-refractivity contribution in [3.63, 3.8) is 0 Å². The van der Waals surface area contributed by atoms with Crippen LogP contribution >= 0.6 is 0 Å². The van der Waals surface area contributed by atoms with Crippen molar-refractivity contribution < 1.29 is 8.42 Å². The van der Waals surface area contributed by atoms with E-state index in [0.717, 1.165) is 0 Å². The fourth-order valence-corrected chi connectivity index (χ4v) is 2.18. The molecule has 0 aliphatic heterocycles. The van der Waals surface area contributed by atoms with E-state index in [-0.39, 0.29) is 11.4 Å². The van der Waals surface area contributed by atoms with Crippen LogP contribution < -0.4 is 10.5 Å². The normalized spacial score (nSPS) is 11.8. The third-order valence-corrected chi connectivity index (χ3v) is 3.48. The smallest absolute Gasteiger partial charge is 0.242 e. The number of hydrogen-bond donors (Lipinski definition) is 4. The maximum absolute atomic E-state index is 11.7. The van der Waals surface area contributed by atoms with Crippen molar-refractivity contribution in [2.75, 3.05) is 5.73 Å². The molecule has 86 valence electrons. The zero-order valence-corrected chi connectivity index (χ0v) is 9.08. The molecule has 0 bridgehead atoms. The minimum atomic E-state index is -3.49. The first-order valence-electron chi connectivity index (χ1n) is 4.50. The molecule has 0 unspecified atom stereocenters. The number of H-pyrrole nitrogens is 2. The van der Waals surface area contributed by atoms with Crippen molar-refractivity contribution in [2.45, 2.75) is 11.4 Å². The molecule has 2 heterocycles. The average Bonchev–Trinajstić information content (AvgIpc) is 2.85. The number of nitrogens with two attached hydrogens (primary N) is 1. The zero-order chi connectivity index (χ0) is 11.6. The maximum atomic E-state index is 11.7. The maximum Gasteiger partial charge on any atom is 0.242 e. The zero-order valence-electron chi connectivity index (χ0n) is 8.27. The highest BCUT2D eigenvalue weighted by Crippen LogP contribution is 2.09. The van der Waals surface area contributed by atoms with Gasteiger partial charge in [0.1, 0.15) is 5.82 Å². The Labute approximate surface area is 92.1 Å². The lowest BCUT2D eigenvalue weighted by Crippen LogP contribution is -2.23. The number of nitrogens with zero attached hydrogens (tertiary/aromatic N) is 1. The van der Waals surface area contributed by atoms with Crippen LogP contribution in [0.1, 0.15) is 5.56 Å². The van der Waals surface area contributed by atoms with Crippen molar-refractivity contribution in [1.29, 1.82) is 0 Å². The Morgan fingerprint density at radius 3 is 2.88 bits per heavy atom. The molecule has 0 aliphatic carbocycles. The minimum Gasteiger partial charge on any atom is -0.384 e. The van der Waals surface area contributed by atoms with E-state index in [4.69, 9.17) is 5.73 Å². The standard InChI is InChI=1S/C8H11N5O2S/c9-8-6(3-11-13-8)4-12-16(14,15)7-1-2-10-5-7/h1-3,5,10,12H,4H2,(H3,9,11,13). The highest BCUT2D eigenvalue weighted by atomic mass is 32.2. The van der Waals surface area contributed by atoms with Crippen molar-refractivity contribution >= 4 is 15.8 Å². The van der Waals surface area contributed by atoms with Crippen LogP contribution in [0.4, 0.5) is 5.82 Å². The van der Waals surface area contributed by atoms with E-state index in [2.05, 4.69) is 19.9 Å². The van der Waals surface area contributed by atoms with Gasteiger partial charge in [-0.2, -0.15) is 5.10 Å². The van der Waals surface area contributed by atoms with E-state index in [9.17, 15) is 8.42 Å². The molecule has 2 rings (SSSR count). The van der Waals surface area contributed by atoms with Gasteiger partial charge in [-0.05, 0) is 6.07 Å². The van der Waals surface area contributed by atoms with Crippen LogP contribution in [0.3, 0.4) is 0 Å². The number of sulfonamides is 1. The van der Waals surface area contributed by atoms with Gasteiger partial charge in [-0.1, -0.05) is 0 Å². The Balaban J connectivity index is 2.09. The summed E-state index contributed by atoms with van der Waals surface area (Å²) in [6.45, 7) is 0.107. The number of nitrogen functional groups attached to an aromatic ring is 1. The number of aromatic amines is 2. The van der Waals surface area contributed by atoms with Crippen molar-refractivity contribution in [3.05, 3.63) is 30.2 Å². The summed E-state index contributed by atoms with van der Waals surface area (Å²) in [6.07, 6.45) is 4.43. The second-order valence-corrected chi connectivity index (χ2v) is 4.95. The monoisotopic (exact) mass is 241 g/mol. The fourth-order valence-electron chi connectivity index (χ4n) is 1.19. The van der Waals surface area contributed by atoms with Crippen LogP contribution in [0.25, 0.3) is 0 Å². The van der Waals surface area contributed by atoms with E-state index < -0.39 is 10.0 Å². The molecular formula is C8H11N5O2S. The first-order chi connectivity index (χ1) is 7.59. The summed E-state index contributed by atoms with van der Waals surface area (Å²) in [4.78, 5) is 2.87. The van der Waals surface area contributed by atoms with Crippen LogP contribution in [-0.2, 0) is 16.6 Å². The minimum absolute atomic E-state index is 0.107. The Hall–Kier alpha value is -1.80. The molecule has 0 fully saturated rings. The van der Waals surface area contributed by atoms with Crippen LogP contribution in [-0.4, -0.2) is 23.6 Å². The summed E-state index contributed by atoms with van der Waals surface area (Å²) >= 11 is 0. The van der Waals surface area contributed by atoms with Gasteiger partial charge in [-0.15, -0.1) is 0 Å². The SMILES string of the molecule is Nc1[nH]ncc1CNS(=O)(=O)c1cc[nH]c1. The van der Waals surface area contributed by atoms with E-state index in [1.807, 2.05) is 0 Å². The molecule has 0 atom stereocenters. The van der Waals surface area contributed by atoms with E-state index in [1.165, 1.54) is 18.5 Å². The largest absolute Gasteiger partial charge is 0.384 e. The van der Waals surface area contributed by atoms with Gasteiger partial charge >= 0.3 is 0 Å². The van der Waals surface area contributed by atoms with Crippen LogP contribution in [0.2, 0.25) is 0 Å². The van der Waals surface area contributed by atoms with Gasteiger partial charge in [0.05, 0.1) is 11.1 Å². The molecule has 8 heteroatoms. The molecule has 16 heavy (non-hydrogen) atoms. The van der Waals surface area contributed by atoms with Crippen molar-refractivity contribution in [3.8, 4) is 0 Å². The van der Waals surface area contributed by atoms with Crippen molar-refractivity contribution in [2.24, 2.45) is 0 Å². The second kappa shape index (κ2) is 3.99. The van der Waals surface area contributed by atoms with Gasteiger partial charge in [0.2, 0.25) is 10.0 Å². The molecule has 0 aliphatic rings. The summed E-state index contributed by atoms with van der Waals surface area (Å²) in [5.74, 6) is 0.358. The van der Waals surface area contributed by atoms with Gasteiger partial charge in [-0.3, -0.25) is 5.10 Å². The van der Waals surface area contributed by atoms with Gasteiger partial charge in [0.15, 0.2) is 0 Å². The third-order valence-electron chi connectivity index (χ3n) is 2.08. The Morgan fingerprint density at radius 1 is 1.50 bits per heavy atom. The molecular weight excluding hydrogens is 230 g/mol. The van der Waals surface area contributed by atoms with Crippen LogP contribution in [0.15, 0.2) is 29.6 Å². The topological polar surface area (TPSA) is 117 Å². The van der Waals surface area contributed by atoms with Crippen LogP contribution in [0.5, 0.6) is 0 Å². The highest BCUT2D eigenvalue weighted by Gasteiger charge is 2.14. The lowest BCUT2D eigenvalue weighted by Gasteiger charge is -2.03. The first kappa shape index (κ1) is 10.7. The fraction of sp³-hybridized carbons (Fsp3) is 0.125. The van der Waals surface area contributed by atoms with E-state index in [0.29, 0.717) is 11.4 Å². The molecule has 0 spiro atoms. The molecule has 0 saturated heterocycles. The number of nitrogens with one attached hydrogen (secondary N) is 3. The lowest BCUT2D eigenvalue weighted by atomic mass is 10.3. The molecule has 0 aromatic carbocycles. The summed E-state index contributed by atoms with van der Waals surface area (Å²) in [7, 11) is -3.49. The van der Waals surface area contributed by atoms with Gasteiger partial charge in [-0.25, -0.2) is 13.1 Å². The Kier molecular flexibility index (Phi) is 2.67. The average molecular weight is 241 g/mol. The summed E-state index contributed by atoms with van der Waals surface area (Å²) in [5, 5.41) is 6.22. The molecule has 5 N–H and O–H groups in total. The number of rotatable bonds is 4. The highest BCUT2D eigenvalue weighted by molar-refractivity contribution is 7.89. The molecule has 0 amide bonds. The van der Waals surface area contributed by atoms with Gasteiger partial charge in [0, 0.05) is 24.5 Å². The third kappa shape index (κ3) is 2.07. The van der Waals surface area contributed by atoms with Crippen LogP contribution in [0, 0.1) is 0 Å². The summed E-state index contributed by atoms with van der Waals surface area (Å²) in [5.41, 5.74) is 6.14. The first-order valence-corrected chi connectivity index (χ1v) is 5.98. The number of hydrogen-bond acceptors (Lipinski definition) is 4. The molecule has 2 aromatic heterocycles. The predicted octanol–water partition coefficient (Wildman–Crippen LogP) is -0.202. The van der Waals surface area contributed by atoms with Gasteiger partial charge < -0.3 is 10.7 Å². The molecule has 2 aromatic rings. The molecule has 0 saturated carbocycles. The Morgan fingerprint density at radius 2 is 2.31 bits per heavy atom. The molecule has 0 radical (unpaired) electrons. The van der Waals surface area contributed by atoms with E-state index >= 15 is 0 Å². The predicted molar refractivity (Wildman–Crippen MR) is 57.8 cm³/mol. The lowest BCUT2D eigenvalue weighted by molar-refractivity contribution is 0.581. The Bertz CT molecular complexity index is 557. The van der Waals surface area contributed by atoms with E-state index in [1.54, 1.807) is 6.20 Å². The van der Waals surface area contributed by atoms with Crippen molar-refractivity contribution in [1.82, 2.24) is 19.9 Å². The summed E-state index contributed by atoms with van der Waals surface area (Å²) < 4.78 is 25.8. The van der Waals surface area contributed by atoms with Gasteiger partial charge in [0.25, 0.3) is 0 Å². The summed E-state index contributed by atoms with van der Waals surface area (Å²) in [6, 6.07) is 1.47. The number of anilines is 1. The molecule has 7 nitrogen and oxygen atoms in total.